The Morgan fingerprint density at radius 1 is 0.667 bits per heavy atom. The van der Waals surface area contributed by atoms with E-state index in [1.807, 2.05) is 98.8 Å². The van der Waals surface area contributed by atoms with Crippen LogP contribution >= 0.6 is 0 Å². The molecule has 4 atom stereocenters. The van der Waals surface area contributed by atoms with Crippen LogP contribution in [0.4, 0.5) is 16.2 Å². The second-order valence-electron chi connectivity index (χ2n) is 14.9. The van der Waals surface area contributed by atoms with Gasteiger partial charge in [0, 0.05) is 40.1 Å². The van der Waals surface area contributed by atoms with Crippen molar-refractivity contribution in [2.75, 3.05) is 17.2 Å². The molecular weight excluding hydrogens is 713 g/mol. The summed E-state index contributed by atoms with van der Waals surface area (Å²) in [4.78, 5) is 54.2. The van der Waals surface area contributed by atoms with Crippen LogP contribution in [-0.2, 0) is 14.3 Å². The average Bonchev–Trinajstić information content (AvgIpc) is 3.56. The van der Waals surface area contributed by atoms with E-state index in [0.29, 0.717) is 34.5 Å². The summed E-state index contributed by atoms with van der Waals surface area (Å²) in [5.41, 5.74) is 8.96. The van der Waals surface area contributed by atoms with Gasteiger partial charge in [-0.15, -0.1) is 0 Å². The zero-order chi connectivity index (χ0) is 40.1. The molecule has 1 aliphatic carbocycles. The van der Waals surface area contributed by atoms with Crippen LogP contribution in [0.1, 0.15) is 73.5 Å². The number of carbonyl (C=O) groups excluding carboxylic acids is 4. The van der Waals surface area contributed by atoms with Crippen molar-refractivity contribution >= 4 is 40.8 Å². The maximum Gasteiger partial charge on any atom is 0.407 e. The highest BCUT2D eigenvalue weighted by molar-refractivity contribution is 6.11. The second kappa shape index (κ2) is 17.1. The summed E-state index contributed by atoms with van der Waals surface area (Å²) in [5.74, 6) is -1.09. The van der Waals surface area contributed by atoms with E-state index >= 15 is 0 Å². The first-order chi connectivity index (χ1) is 27.7. The predicted octanol–water partition coefficient (Wildman–Crippen LogP) is 9.43. The van der Waals surface area contributed by atoms with E-state index < -0.39 is 12.1 Å². The van der Waals surface area contributed by atoms with E-state index in [1.165, 1.54) is 0 Å². The Hall–Kier alpha value is -6.48. The molecule has 5 aromatic carbocycles. The number of para-hydroxylation sites is 2. The average molecular weight is 761 g/mol. The Bertz CT molecular complexity index is 2310. The van der Waals surface area contributed by atoms with Crippen LogP contribution in [0.2, 0.25) is 0 Å². The number of hydrogen-bond donors (Lipinski definition) is 4. The van der Waals surface area contributed by atoms with Gasteiger partial charge < -0.3 is 26.0 Å². The minimum Gasteiger partial charge on any atom is -0.449 e. The van der Waals surface area contributed by atoms with Gasteiger partial charge >= 0.3 is 6.09 Å². The molecular formula is C48H48N4O5. The molecule has 4 N–H and O–H groups in total. The summed E-state index contributed by atoms with van der Waals surface area (Å²) in [6, 6.07) is 37.2. The SMILES string of the molecule is CC[C@H](C)[C@H](NC(=O)OCC1c2ccccc2-c2ccccc21)C(=O)Nc1ccccc1-c1ccccc1NC(=O)/C=C1/c2ccccc2C(=O)N[C@H]1[C@@H](C)CC. The molecule has 0 aromatic heterocycles. The van der Waals surface area contributed by atoms with E-state index in [1.54, 1.807) is 18.2 Å². The molecule has 0 spiro atoms. The lowest BCUT2D eigenvalue weighted by atomic mass is 9.82. The highest BCUT2D eigenvalue weighted by atomic mass is 16.5. The fourth-order valence-corrected chi connectivity index (χ4v) is 7.89. The lowest BCUT2D eigenvalue weighted by molar-refractivity contribution is -0.119. The lowest BCUT2D eigenvalue weighted by Gasteiger charge is -2.32. The highest BCUT2D eigenvalue weighted by Crippen LogP contribution is 2.44. The molecule has 0 bridgehead atoms. The molecule has 290 valence electrons. The number of benzene rings is 5. The van der Waals surface area contributed by atoms with Crippen molar-refractivity contribution in [1.29, 1.82) is 0 Å². The Morgan fingerprint density at radius 3 is 1.75 bits per heavy atom. The third-order valence-electron chi connectivity index (χ3n) is 11.4. The number of carbonyl (C=O) groups is 4. The number of nitrogens with one attached hydrogen (secondary N) is 4. The van der Waals surface area contributed by atoms with Gasteiger partial charge in [0.15, 0.2) is 0 Å². The number of fused-ring (bicyclic) bond motifs is 4. The molecule has 0 radical (unpaired) electrons. The number of rotatable bonds is 12. The van der Waals surface area contributed by atoms with Gasteiger partial charge in [-0.2, -0.15) is 0 Å². The van der Waals surface area contributed by atoms with E-state index in [9.17, 15) is 19.2 Å². The molecule has 1 aliphatic heterocycles. The van der Waals surface area contributed by atoms with E-state index in [4.69, 9.17) is 4.74 Å². The standard InChI is InChI=1S/C48H48N4O5/c1-5-29(3)44-39(35-21-11-12-24-38(35)46(54)51-44)27-43(53)49-41-25-15-13-22-36(41)37-23-14-16-26-42(37)50-47(55)45(30(4)6-2)52-48(56)57-28-40-33-19-9-7-17-31(33)32-18-8-10-20-34(32)40/h7-27,29-30,40,44-45H,5-6,28H2,1-4H3,(H,49,53)(H,50,55)(H,51,54)(H,52,56)/b39-27-/t29-,30-,44-,45-/m0/s1. The van der Waals surface area contributed by atoms with Crippen LogP contribution in [-0.4, -0.2) is 42.5 Å². The maximum atomic E-state index is 14.0. The van der Waals surface area contributed by atoms with E-state index in [-0.39, 0.29) is 48.1 Å². The topological polar surface area (TPSA) is 126 Å². The monoisotopic (exact) mass is 760 g/mol. The minimum absolute atomic E-state index is 0.0991. The van der Waals surface area contributed by atoms with Crippen molar-refractivity contribution in [3.8, 4) is 22.3 Å². The lowest BCUT2D eigenvalue weighted by Crippen LogP contribution is -2.48. The van der Waals surface area contributed by atoms with Crippen LogP contribution in [0.3, 0.4) is 0 Å². The summed E-state index contributed by atoms with van der Waals surface area (Å²) in [7, 11) is 0. The molecule has 1 heterocycles. The molecule has 2 aliphatic rings. The fraction of sp³-hybridized carbons (Fsp3) is 0.250. The zero-order valence-corrected chi connectivity index (χ0v) is 32.7. The maximum absolute atomic E-state index is 14.0. The van der Waals surface area contributed by atoms with E-state index in [2.05, 4.69) is 59.4 Å². The first-order valence-corrected chi connectivity index (χ1v) is 19.7. The van der Waals surface area contributed by atoms with Crippen LogP contribution < -0.4 is 21.3 Å². The van der Waals surface area contributed by atoms with Gasteiger partial charge in [0.1, 0.15) is 12.6 Å². The number of ether oxygens (including phenoxy) is 1. The summed E-state index contributed by atoms with van der Waals surface area (Å²) in [6.45, 7) is 8.14. The second-order valence-corrected chi connectivity index (χ2v) is 14.9. The van der Waals surface area contributed by atoms with Gasteiger partial charge in [-0.1, -0.05) is 144 Å². The first-order valence-electron chi connectivity index (χ1n) is 19.7. The van der Waals surface area contributed by atoms with Crippen molar-refractivity contribution in [2.45, 2.75) is 58.5 Å². The summed E-state index contributed by atoms with van der Waals surface area (Å²) >= 11 is 0. The largest absolute Gasteiger partial charge is 0.449 e. The molecule has 0 unspecified atom stereocenters. The van der Waals surface area contributed by atoms with Crippen LogP contribution in [0.15, 0.2) is 127 Å². The molecule has 0 saturated carbocycles. The van der Waals surface area contributed by atoms with Crippen molar-refractivity contribution < 1.29 is 23.9 Å². The molecule has 9 nitrogen and oxygen atoms in total. The first kappa shape index (κ1) is 38.8. The van der Waals surface area contributed by atoms with Crippen LogP contribution in [0.25, 0.3) is 27.8 Å². The normalized spacial score (nSPS) is 16.6. The predicted molar refractivity (Wildman–Crippen MR) is 226 cm³/mol. The Kier molecular flexibility index (Phi) is 11.6. The fourth-order valence-electron chi connectivity index (χ4n) is 7.89. The van der Waals surface area contributed by atoms with Gasteiger partial charge in [0.05, 0.1) is 6.04 Å². The Balaban J connectivity index is 1.08. The molecule has 57 heavy (non-hydrogen) atoms. The third-order valence-corrected chi connectivity index (χ3v) is 11.4. The number of hydrogen-bond acceptors (Lipinski definition) is 5. The van der Waals surface area contributed by atoms with Crippen molar-refractivity contribution in [2.24, 2.45) is 11.8 Å². The van der Waals surface area contributed by atoms with Crippen LogP contribution in [0, 0.1) is 11.8 Å². The quantitative estimate of drug-likeness (QED) is 0.0944. The zero-order valence-electron chi connectivity index (χ0n) is 32.7. The highest BCUT2D eigenvalue weighted by Gasteiger charge is 2.33. The molecule has 4 amide bonds. The van der Waals surface area contributed by atoms with E-state index in [0.717, 1.165) is 39.8 Å². The van der Waals surface area contributed by atoms with Gasteiger partial charge in [0.25, 0.3) is 5.91 Å². The van der Waals surface area contributed by atoms with Gasteiger partial charge in [0.2, 0.25) is 11.8 Å². The summed E-state index contributed by atoms with van der Waals surface area (Å²) < 4.78 is 5.82. The smallest absolute Gasteiger partial charge is 0.407 e. The third kappa shape index (κ3) is 8.10. The summed E-state index contributed by atoms with van der Waals surface area (Å²) in [6.07, 6.45) is 2.37. The van der Waals surface area contributed by atoms with Crippen molar-refractivity contribution in [3.63, 3.8) is 0 Å². The summed E-state index contributed by atoms with van der Waals surface area (Å²) in [5, 5.41) is 12.1. The number of alkyl carbamates (subject to hydrolysis) is 1. The molecule has 0 saturated heterocycles. The van der Waals surface area contributed by atoms with Crippen molar-refractivity contribution in [3.05, 3.63) is 150 Å². The van der Waals surface area contributed by atoms with Gasteiger partial charge in [-0.25, -0.2) is 4.79 Å². The Morgan fingerprint density at radius 2 is 1.18 bits per heavy atom. The van der Waals surface area contributed by atoms with Crippen molar-refractivity contribution in [1.82, 2.24) is 10.6 Å². The van der Waals surface area contributed by atoms with Gasteiger partial charge in [-0.05, 0) is 63.4 Å². The molecule has 7 rings (SSSR count). The molecule has 0 fully saturated rings. The minimum atomic E-state index is -0.877. The van der Waals surface area contributed by atoms with Crippen LogP contribution in [0.5, 0.6) is 0 Å². The van der Waals surface area contributed by atoms with Gasteiger partial charge in [-0.3, -0.25) is 14.4 Å². The molecule has 5 aromatic rings. The number of amides is 4. The number of anilines is 2. The molecule has 9 heteroatoms. The Labute approximate surface area is 333 Å².